The van der Waals surface area contributed by atoms with Crippen molar-refractivity contribution in [3.8, 4) is 35.2 Å². The number of aromatic amines is 1. The van der Waals surface area contributed by atoms with E-state index >= 15 is 0 Å². The summed E-state index contributed by atoms with van der Waals surface area (Å²) in [5.41, 5.74) is 2.41. The second kappa shape index (κ2) is 6.19. The predicted octanol–water partition coefficient (Wildman–Crippen LogP) is 3.04. The molecule has 0 amide bonds. The fraction of sp³-hybridized carbons (Fsp3) is 0.176. The van der Waals surface area contributed by atoms with Crippen LogP contribution in [-0.2, 0) is 0 Å². The third-order valence-corrected chi connectivity index (χ3v) is 3.09. The third-order valence-electron chi connectivity index (χ3n) is 3.09. The van der Waals surface area contributed by atoms with Crippen molar-refractivity contribution < 1.29 is 9.47 Å². The lowest BCUT2D eigenvalue weighted by atomic mass is 10.2. The Morgan fingerprint density at radius 1 is 1.27 bits per heavy atom. The fourth-order valence-corrected chi connectivity index (χ4v) is 2.16. The number of H-pyrrole nitrogens is 1. The van der Waals surface area contributed by atoms with Crippen LogP contribution in [0.4, 0.5) is 0 Å². The summed E-state index contributed by atoms with van der Waals surface area (Å²) in [5.74, 6) is 4.51. The van der Waals surface area contributed by atoms with Crippen molar-refractivity contribution in [1.82, 2.24) is 15.0 Å². The number of imidazole rings is 1. The standard InChI is InChI=1S/C17H15N3O2/c1-3-10-22-12-7-8-13(15(11-12)21-4-2)16-19-14-6-5-9-18-17(14)20-16/h1,5-9,11H,4,10H2,2H3,(H,18,19,20). The van der Waals surface area contributed by atoms with Gasteiger partial charge in [-0.3, -0.25) is 0 Å². The molecular weight excluding hydrogens is 278 g/mol. The van der Waals surface area contributed by atoms with E-state index in [1.54, 1.807) is 6.20 Å². The Hall–Kier alpha value is -3.00. The van der Waals surface area contributed by atoms with Gasteiger partial charge in [-0.15, -0.1) is 6.42 Å². The maximum Gasteiger partial charge on any atom is 0.178 e. The van der Waals surface area contributed by atoms with Gasteiger partial charge >= 0.3 is 0 Å². The minimum atomic E-state index is 0.222. The van der Waals surface area contributed by atoms with Gasteiger partial charge in [-0.2, -0.15) is 0 Å². The lowest BCUT2D eigenvalue weighted by molar-refractivity contribution is 0.333. The summed E-state index contributed by atoms with van der Waals surface area (Å²) in [5, 5.41) is 0. The van der Waals surface area contributed by atoms with E-state index in [2.05, 4.69) is 20.9 Å². The molecule has 1 aromatic carbocycles. The van der Waals surface area contributed by atoms with E-state index < -0.39 is 0 Å². The molecule has 0 radical (unpaired) electrons. The van der Waals surface area contributed by atoms with Crippen molar-refractivity contribution in [3.05, 3.63) is 36.5 Å². The summed E-state index contributed by atoms with van der Waals surface area (Å²) in [6, 6.07) is 9.36. The highest BCUT2D eigenvalue weighted by atomic mass is 16.5. The zero-order valence-corrected chi connectivity index (χ0v) is 12.2. The van der Waals surface area contributed by atoms with Crippen LogP contribution in [-0.4, -0.2) is 28.2 Å². The van der Waals surface area contributed by atoms with Crippen LogP contribution in [0.5, 0.6) is 11.5 Å². The molecule has 0 aliphatic heterocycles. The molecule has 3 aromatic rings. The lowest BCUT2D eigenvalue weighted by Gasteiger charge is -2.10. The van der Waals surface area contributed by atoms with Crippen LogP contribution in [0.2, 0.25) is 0 Å². The summed E-state index contributed by atoms with van der Waals surface area (Å²) < 4.78 is 11.1. The van der Waals surface area contributed by atoms with Crippen molar-refractivity contribution >= 4 is 11.2 Å². The summed E-state index contributed by atoms with van der Waals surface area (Å²) in [6.07, 6.45) is 6.92. The molecule has 0 aliphatic carbocycles. The number of nitrogens with zero attached hydrogens (tertiary/aromatic N) is 2. The number of aromatic nitrogens is 3. The van der Waals surface area contributed by atoms with Gasteiger partial charge in [-0.05, 0) is 31.2 Å². The number of fused-ring (bicyclic) bond motifs is 1. The minimum Gasteiger partial charge on any atom is -0.493 e. The smallest absolute Gasteiger partial charge is 0.178 e. The minimum absolute atomic E-state index is 0.222. The molecular formula is C17H15N3O2. The number of ether oxygens (including phenoxy) is 2. The van der Waals surface area contributed by atoms with Crippen LogP contribution in [0.1, 0.15) is 6.92 Å². The molecule has 0 saturated heterocycles. The molecule has 0 bridgehead atoms. The second-order valence-electron chi connectivity index (χ2n) is 4.54. The molecule has 0 saturated carbocycles. The van der Waals surface area contributed by atoms with Crippen molar-refractivity contribution in [2.45, 2.75) is 6.92 Å². The molecule has 3 rings (SSSR count). The average Bonchev–Trinajstić information content (AvgIpc) is 2.97. The first-order chi connectivity index (χ1) is 10.8. The first-order valence-corrected chi connectivity index (χ1v) is 6.96. The molecule has 5 nitrogen and oxygen atoms in total. The van der Waals surface area contributed by atoms with E-state index in [1.807, 2.05) is 37.3 Å². The molecule has 1 N–H and O–H groups in total. The SMILES string of the molecule is C#CCOc1ccc(-c2nc3ncccc3[nH]2)c(OCC)c1. The molecule has 0 unspecified atom stereocenters. The Bertz CT molecular complexity index is 800. The van der Waals surface area contributed by atoms with E-state index in [1.165, 1.54) is 0 Å². The zero-order valence-electron chi connectivity index (χ0n) is 12.2. The van der Waals surface area contributed by atoms with E-state index in [9.17, 15) is 0 Å². The van der Waals surface area contributed by atoms with Crippen LogP contribution in [0.15, 0.2) is 36.5 Å². The zero-order chi connectivity index (χ0) is 15.4. The number of terminal acetylenes is 1. The maximum absolute atomic E-state index is 5.70. The lowest BCUT2D eigenvalue weighted by Crippen LogP contribution is -1.98. The van der Waals surface area contributed by atoms with Crippen molar-refractivity contribution in [3.63, 3.8) is 0 Å². The highest BCUT2D eigenvalue weighted by Gasteiger charge is 2.12. The number of rotatable bonds is 5. The van der Waals surface area contributed by atoms with E-state index in [4.69, 9.17) is 15.9 Å². The summed E-state index contributed by atoms with van der Waals surface area (Å²) >= 11 is 0. The number of hydrogen-bond acceptors (Lipinski definition) is 4. The van der Waals surface area contributed by atoms with Crippen LogP contribution in [0, 0.1) is 12.3 Å². The Labute approximate surface area is 128 Å². The molecule has 0 spiro atoms. The van der Waals surface area contributed by atoms with Crippen LogP contribution in [0.25, 0.3) is 22.6 Å². The van der Waals surface area contributed by atoms with Gasteiger partial charge in [-0.1, -0.05) is 5.92 Å². The Morgan fingerprint density at radius 2 is 2.18 bits per heavy atom. The average molecular weight is 293 g/mol. The molecule has 2 aromatic heterocycles. The van der Waals surface area contributed by atoms with Gasteiger partial charge in [0.15, 0.2) is 5.65 Å². The van der Waals surface area contributed by atoms with E-state index in [0.29, 0.717) is 29.6 Å². The van der Waals surface area contributed by atoms with Crippen LogP contribution >= 0.6 is 0 Å². The topological polar surface area (TPSA) is 60.0 Å². The number of pyridine rings is 1. The maximum atomic E-state index is 5.70. The van der Waals surface area contributed by atoms with Gasteiger partial charge < -0.3 is 14.5 Å². The van der Waals surface area contributed by atoms with Gasteiger partial charge in [0.1, 0.15) is 23.9 Å². The quantitative estimate of drug-likeness (QED) is 0.735. The third kappa shape index (κ3) is 2.72. The van der Waals surface area contributed by atoms with Gasteiger partial charge in [0.05, 0.1) is 17.7 Å². The predicted molar refractivity (Wildman–Crippen MR) is 84.8 cm³/mol. The molecule has 110 valence electrons. The number of nitrogens with one attached hydrogen (secondary N) is 1. The number of benzene rings is 1. The van der Waals surface area contributed by atoms with Crippen molar-refractivity contribution in [2.24, 2.45) is 0 Å². The molecule has 5 heteroatoms. The fourth-order valence-electron chi connectivity index (χ4n) is 2.16. The van der Waals surface area contributed by atoms with Crippen LogP contribution < -0.4 is 9.47 Å². The Balaban J connectivity index is 2.02. The first kappa shape index (κ1) is 14.0. The highest BCUT2D eigenvalue weighted by molar-refractivity contribution is 5.77. The Kier molecular flexibility index (Phi) is 3.92. The molecule has 0 atom stereocenters. The monoisotopic (exact) mass is 293 g/mol. The second-order valence-corrected chi connectivity index (χ2v) is 4.54. The normalized spacial score (nSPS) is 10.4. The van der Waals surface area contributed by atoms with Gasteiger partial charge in [0, 0.05) is 12.3 Å². The molecule has 0 fully saturated rings. The molecule has 22 heavy (non-hydrogen) atoms. The summed E-state index contributed by atoms with van der Waals surface area (Å²) in [7, 11) is 0. The summed E-state index contributed by atoms with van der Waals surface area (Å²) in [4.78, 5) is 12.0. The highest BCUT2D eigenvalue weighted by Crippen LogP contribution is 2.32. The molecule has 0 aliphatic rings. The summed E-state index contributed by atoms with van der Waals surface area (Å²) in [6.45, 7) is 2.70. The largest absolute Gasteiger partial charge is 0.493 e. The van der Waals surface area contributed by atoms with E-state index in [-0.39, 0.29) is 6.61 Å². The van der Waals surface area contributed by atoms with Gasteiger partial charge in [0.25, 0.3) is 0 Å². The Morgan fingerprint density at radius 3 is 2.95 bits per heavy atom. The molecule has 2 heterocycles. The van der Waals surface area contributed by atoms with Crippen molar-refractivity contribution in [1.29, 1.82) is 0 Å². The van der Waals surface area contributed by atoms with Gasteiger partial charge in [-0.25, -0.2) is 9.97 Å². The number of hydrogen-bond donors (Lipinski definition) is 1. The van der Waals surface area contributed by atoms with E-state index in [0.717, 1.165) is 11.1 Å². The van der Waals surface area contributed by atoms with Crippen molar-refractivity contribution in [2.75, 3.05) is 13.2 Å². The first-order valence-electron chi connectivity index (χ1n) is 6.96. The van der Waals surface area contributed by atoms with Crippen LogP contribution in [0.3, 0.4) is 0 Å². The van der Waals surface area contributed by atoms with Gasteiger partial charge in [0.2, 0.25) is 0 Å².